The van der Waals surface area contributed by atoms with Gasteiger partial charge in [-0.3, -0.25) is 0 Å². The van der Waals surface area contributed by atoms with Crippen LogP contribution >= 0.6 is 0 Å². The zero-order valence-electron chi connectivity index (χ0n) is 15.8. The number of rotatable bonds is 6. The molecule has 3 aromatic rings. The highest BCUT2D eigenvalue weighted by Gasteiger charge is 2.07. The SMILES string of the molecule is COc1ccc(COc2cc(C)nc(Nc3ccc(C)c(C)c3)n2)cc1F. The van der Waals surface area contributed by atoms with Crippen LogP contribution < -0.4 is 14.8 Å². The molecule has 1 heterocycles. The Morgan fingerprint density at radius 1 is 0.963 bits per heavy atom. The van der Waals surface area contributed by atoms with Gasteiger partial charge in [-0.2, -0.15) is 4.98 Å². The number of nitrogens with zero attached hydrogens (tertiary/aromatic N) is 2. The van der Waals surface area contributed by atoms with Crippen LogP contribution in [0, 0.1) is 26.6 Å². The predicted octanol–water partition coefficient (Wildman–Crippen LogP) is 4.87. The highest BCUT2D eigenvalue weighted by molar-refractivity contribution is 5.56. The Labute approximate surface area is 158 Å². The molecule has 0 aliphatic heterocycles. The third kappa shape index (κ3) is 4.73. The number of halogens is 1. The molecule has 0 spiro atoms. The van der Waals surface area contributed by atoms with Gasteiger partial charge in [0.25, 0.3) is 0 Å². The fourth-order valence-electron chi connectivity index (χ4n) is 2.57. The molecule has 0 fully saturated rings. The number of nitrogens with one attached hydrogen (secondary N) is 1. The van der Waals surface area contributed by atoms with Crippen LogP contribution in [-0.2, 0) is 6.61 Å². The van der Waals surface area contributed by atoms with Crippen molar-refractivity contribution in [3.63, 3.8) is 0 Å². The first-order valence-corrected chi connectivity index (χ1v) is 8.60. The maximum Gasteiger partial charge on any atom is 0.230 e. The lowest BCUT2D eigenvalue weighted by atomic mass is 10.1. The molecule has 140 valence electrons. The van der Waals surface area contributed by atoms with E-state index in [0.717, 1.165) is 11.4 Å². The minimum atomic E-state index is -0.422. The summed E-state index contributed by atoms with van der Waals surface area (Å²) in [6.07, 6.45) is 0. The van der Waals surface area contributed by atoms with Gasteiger partial charge >= 0.3 is 0 Å². The van der Waals surface area contributed by atoms with E-state index in [2.05, 4.69) is 29.1 Å². The van der Waals surface area contributed by atoms with E-state index in [-0.39, 0.29) is 12.4 Å². The minimum absolute atomic E-state index is 0.195. The third-order valence-electron chi connectivity index (χ3n) is 4.20. The Bertz CT molecular complexity index is 960. The van der Waals surface area contributed by atoms with E-state index in [1.165, 1.54) is 24.3 Å². The fourth-order valence-corrected chi connectivity index (χ4v) is 2.57. The van der Waals surface area contributed by atoms with Crippen molar-refractivity contribution in [2.75, 3.05) is 12.4 Å². The highest BCUT2D eigenvalue weighted by Crippen LogP contribution is 2.21. The maximum absolute atomic E-state index is 13.8. The van der Waals surface area contributed by atoms with Gasteiger partial charge in [0.1, 0.15) is 6.61 Å². The van der Waals surface area contributed by atoms with Gasteiger partial charge in [-0.25, -0.2) is 9.37 Å². The first-order valence-electron chi connectivity index (χ1n) is 8.60. The van der Waals surface area contributed by atoms with Crippen molar-refractivity contribution in [3.05, 3.63) is 70.7 Å². The maximum atomic E-state index is 13.8. The number of anilines is 2. The van der Waals surface area contributed by atoms with Crippen molar-refractivity contribution in [2.24, 2.45) is 0 Å². The molecule has 3 rings (SSSR count). The van der Waals surface area contributed by atoms with Crippen molar-refractivity contribution in [1.29, 1.82) is 0 Å². The highest BCUT2D eigenvalue weighted by atomic mass is 19.1. The number of aromatic nitrogens is 2. The second-order valence-corrected chi connectivity index (χ2v) is 6.35. The molecule has 2 aromatic carbocycles. The topological polar surface area (TPSA) is 56.3 Å². The second kappa shape index (κ2) is 8.03. The minimum Gasteiger partial charge on any atom is -0.494 e. The summed E-state index contributed by atoms with van der Waals surface area (Å²) in [6.45, 7) is 6.18. The zero-order chi connectivity index (χ0) is 19.4. The van der Waals surface area contributed by atoms with E-state index in [0.29, 0.717) is 17.4 Å². The summed E-state index contributed by atoms with van der Waals surface area (Å²) >= 11 is 0. The molecule has 0 aliphatic carbocycles. The lowest BCUT2D eigenvalue weighted by molar-refractivity contribution is 0.292. The summed E-state index contributed by atoms with van der Waals surface area (Å²) in [4.78, 5) is 8.78. The Balaban J connectivity index is 1.73. The average molecular weight is 367 g/mol. The summed E-state index contributed by atoms with van der Waals surface area (Å²) in [5.41, 5.74) is 4.78. The molecule has 1 aromatic heterocycles. The number of benzene rings is 2. The van der Waals surface area contributed by atoms with Crippen LogP contribution in [0.4, 0.5) is 16.0 Å². The largest absolute Gasteiger partial charge is 0.494 e. The molecule has 27 heavy (non-hydrogen) atoms. The number of hydrogen-bond acceptors (Lipinski definition) is 5. The van der Waals surface area contributed by atoms with Gasteiger partial charge in [0, 0.05) is 17.4 Å². The van der Waals surface area contributed by atoms with Gasteiger partial charge in [0.15, 0.2) is 11.6 Å². The van der Waals surface area contributed by atoms with E-state index < -0.39 is 5.82 Å². The van der Waals surface area contributed by atoms with Crippen LogP contribution in [0.3, 0.4) is 0 Å². The first-order chi connectivity index (χ1) is 12.9. The molecule has 1 N–H and O–H groups in total. The van der Waals surface area contributed by atoms with Crippen LogP contribution in [0.25, 0.3) is 0 Å². The quantitative estimate of drug-likeness (QED) is 0.673. The molecule has 0 aliphatic rings. The van der Waals surface area contributed by atoms with Crippen molar-refractivity contribution in [2.45, 2.75) is 27.4 Å². The van der Waals surface area contributed by atoms with Crippen molar-refractivity contribution < 1.29 is 13.9 Å². The molecule has 0 saturated heterocycles. The molecule has 0 bridgehead atoms. The van der Waals surface area contributed by atoms with E-state index in [1.54, 1.807) is 18.2 Å². The molecule has 0 radical (unpaired) electrons. The van der Waals surface area contributed by atoms with Gasteiger partial charge in [-0.15, -0.1) is 0 Å². The van der Waals surface area contributed by atoms with E-state index in [9.17, 15) is 4.39 Å². The molecule has 0 saturated carbocycles. The van der Waals surface area contributed by atoms with Crippen LogP contribution in [-0.4, -0.2) is 17.1 Å². The summed E-state index contributed by atoms with van der Waals surface area (Å²) in [5, 5.41) is 3.20. The molecule has 0 atom stereocenters. The summed E-state index contributed by atoms with van der Waals surface area (Å²) in [6, 6.07) is 12.5. The van der Waals surface area contributed by atoms with E-state index >= 15 is 0 Å². The monoisotopic (exact) mass is 367 g/mol. The predicted molar refractivity (Wildman–Crippen MR) is 103 cm³/mol. The van der Waals surface area contributed by atoms with Crippen LogP contribution in [0.1, 0.15) is 22.4 Å². The Kier molecular flexibility index (Phi) is 5.54. The third-order valence-corrected chi connectivity index (χ3v) is 4.20. The van der Waals surface area contributed by atoms with Crippen molar-refractivity contribution in [3.8, 4) is 11.6 Å². The van der Waals surface area contributed by atoms with E-state index in [1.807, 2.05) is 25.1 Å². The number of hydrogen-bond donors (Lipinski definition) is 1. The lowest BCUT2D eigenvalue weighted by Crippen LogP contribution is -2.03. The Morgan fingerprint density at radius 2 is 1.78 bits per heavy atom. The average Bonchev–Trinajstić information content (AvgIpc) is 2.63. The fraction of sp³-hybridized carbons (Fsp3) is 0.238. The smallest absolute Gasteiger partial charge is 0.230 e. The van der Waals surface area contributed by atoms with Crippen LogP contribution in [0.5, 0.6) is 11.6 Å². The normalized spacial score (nSPS) is 10.6. The lowest BCUT2D eigenvalue weighted by Gasteiger charge is -2.11. The Morgan fingerprint density at radius 3 is 2.48 bits per heavy atom. The standard InChI is InChI=1S/C21H22FN3O2/c1-13-5-7-17(9-14(13)2)24-21-23-15(3)10-20(25-21)27-12-16-6-8-19(26-4)18(22)11-16/h5-11H,12H2,1-4H3,(H,23,24,25). The molecule has 6 heteroatoms. The zero-order valence-corrected chi connectivity index (χ0v) is 15.8. The van der Waals surface area contributed by atoms with Crippen LogP contribution in [0.15, 0.2) is 42.5 Å². The molecular formula is C21H22FN3O2. The van der Waals surface area contributed by atoms with Gasteiger partial charge in [-0.1, -0.05) is 12.1 Å². The van der Waals surface area contributed by atoms with Gasteiger partial charge in [0.2, 0.25) is 11.8 Å². The molecule has 0 amide bonds. The molecular weight excluding hydrogens is 345 g/mol. The van der Waals surface area contributed by atoms with Crippen molar-refractivity contribution in [1.82, 2.24) is 9.97 Å². The van der Waals surface area contributed by atoms with Crippen LogP contribution in [0.2, 0.25) is 0 Å². The van der Waals surface area contributed by atoms with E-state index in [4.69, 9.17) is 9.47 Å². The van der Waals surface area contributed by atoms with Gasteiger partial charge < -0.3 is 14.8 Å². The van der Waals surface area contributed by atoms with Gasteiger partial charge in [0.05, 0.1) is 7.11 Å². The van der Waals surface area contributed by atoms with Gasteiger partial charge in [-0.05, 0) is 61.7 Å². The number of ether oxygens (including phenoxy) is 2. The summed E-state index contributed by atoms with van der Waals surface area (Å²) in [7, 11) is 1.43. The Hall–Kier alpha value is -3.15. The number of aryl methyl sites for hydroxylation is 3. The van der Waals surface area contributed by atoms with Crippen molar-refractivity contribution >= 4 is 11.6 Å². The summed E-state index contributed by atoms with van der Waals surface area (Å²) in [5.74, 6) is 0.658. The molecule has 0 unspecified atom stereocenters. The first kappa shape index (κ1) is 18.6. The summed E-state index contributed by atoms with van der Waals surface area (Å²) < 4.78 is 24.4. The number of methoxy groups -OCH3 is 1. The second-order valence-electron chi connectivity index (χ2n) is 6.35. The molecule has 5 nitrogen and oxygen atoms in total.